The third kappa shape index (κ3) is 5.25. The van der Waals surface area contributed by atoms with Crippen LogP contribution in [0.25, 0.3) is 0 Å². The maximum atomic E-state index is 12.9. The number of halogens is 3. The van der Waals surface area contributed by atoms with Crippen LogP contribution in [0.5, 0.6) is 0 Å². The van der Waals surface area contributed by atoms with Gasteiger partial charge in [0.2, 0.25) is 5.91 Å². The Balaban J connectivity index is 3.12. The molecule has 1 rings (SSSR count). The molecule has 4 nitrogen and oxygen atoms in total. The second-order valence-electron chi connectivity index (χ2n) is 5.38. The van der Waals surface area contributed by atoms with Crippen LogP contribution in [0.4, 0.5) is 18.9 Å². The van der Waals surface area contributed by atoms with Crippen molar-refractivity contribution < 1.29 is 27.5 Å². The average Bonchev–Trinajstić information content (AvgIpc) is 2.51. The first kappa shape index (κ1) is 20.0. The van der Waals surface area contributed by atoms with Crippen molar-refractivity contribution in [3.63, 3.8) is 0 Å². The number of anilines is 1. The molecular weight excluding hydrogens is 323 g/mol. The van der Waals surface area contributed by atoms with E-state index in [0.717, 1.165) is 23.5 Å². The molecule has 0 aliphatic carbocycles. The van der Waals surface area contributed by atoms with E-state index in [2.05, 4.69) is 0 Å². The molecular formula is C17H22F3NO3. The number of ether oxygens (including phenoxy) is 1. The molecule has 1 atom stereocenters. The molecule has 0 aliphatic rings. The van der Waals surface area contributed by atoms with Crippen molar-refractivity contribution in [1.29, 1.82) is 0 Å². The second-order valence-corrected chi connectivity index (χ2v) is 5.38. The van der Waals surface area contributed by atoms with E-state index in [1.165, 1.54) is 19.1 Å². The fourth-order valence-electron chi connectivity index (χ4n) is 2.28. The summed E-state index contributed by atoms with van der Waals surface area (Å²) in [6, 6.07) is 3.41. The van der Waals surface area contributed by atoms with E-state index in [9.17, 15) is 22.8 Å². The molecule has 0 saturated heterocycles. The first-order valence-electron chi connectivity index (χ1n) is 7.86. The minimum atomic E-state index is -4.53. The number of hydrogen-bond acceptors (Lipinski definition) is 3. The summed E-state index contributed by atoms with van der Waals surface area (Å²) in [5, 5.41) is 0. The molecule has 0 fully saturated rings. The predicted molar refractivity (Wildman–Crippen MR) is 84.6 cm³/mol. The van der Waals surface area contributed by atoms with Gasteiger partial charge in [-0.15, -0.1) is 0 Å². The van der Waals surface area contributed by atoms with E-state index in [0.29, 0.717) is 6.42 Å². The SMILES string of the molecule is CCCCOC(=O)C(CC)N(C(C)=O)c1cccc(C(F)(F)F)c1. The standard InChI is InChI=1S/C17H22F3NO3/c1-4-6-10-24-16(23)15(5-2)21(12(3)22)14-9-7-8-13(11-14)17(18,19)20/h7-9,11,15H,4-6,10H2,1-3H3. The molecule has 1 unspecified atom stereocenters. The van der Waals surface area contributed by atoms with Gasteiger partial charge in [-0.1, -0.05) is 26.3 Å². The zero-order chi connectivity index (χ0) is 18.3. The summed E-state index contributed by atoms with van der Waals surface area (Å²) in [6.45, 7) is 5.05. The quantitative estimate of drug-likeness (QED) is 0.550. The number of rotatable bonds is 7. The summed E-state index contributed by atoms with van der Waals surface area (Å²) in [5.74, 6) is -1.13. The summed E-state index contributed by atoms with van der Waals surface area (Å²) in [4.78, 5) is 25.2. The van der Waals surface area contributed by atoms with Crippen molar-refractivity contribution in [1.82, 2.24) is 0 Å². The fraction of sp³-hybridized carbons (Fsp3) is 0.529. The van der Waals surface area contributed by atoms with Gasteiger partial charge in [0.05, 0.1) is 12.2 Å². The number of hydrogen-bond donors (Lipinski definition) is 0. The number of carbonyl (C=O) groups excluding carboxylic acids is 2. The van der Waals surface area contributed by atoms with E-state index in [-0.39, 0.29) is 18.7 Å². The summed E-state index contributed by atoms with van der Waals surface area (Å²) in [6.07, 6.45) is -2.76. The monoisotopic (exact) mass is 345 g/mol. The largest absolute Gasteiger partial charge is 0.464 e. The van der Waals surface area contributed by atoms with Crippen LogP contribution in [0.1, 0.15) is 45.6 Å². The van der Waals surface area contributed by atoms with Gasteiger partial charge in [-0.05, 0) is 31.0 Å². The maximum absolute atomic E-state index is 12.9. The van der Waals surface area contributed by atoms with E-state index in [4.69, 9.17) is 4.74 Å². The van der Waals surface area contributed by atoms with E-state index in [1.54, 1.807) is 6.92 Å². The maximum Gasteiger partial charge on any atom is 0.416 e. The highest BCUT2D eigenvalue weighted by atomic mass is 19.4. The lowest BCUT2D eigenvalue weighted by Crippen LogP contribution is -2.45. The van der Waals surface area contributed by atoms with Gasteiger partial charge in [-0.3, -0.25) is 9.69 Å². The highest BCUT2D eigenvalue weighted by Gasteiger charge is 2.33. The molecule has 0 N–H and O–H groups in total. The molecule has 1 amide bonds. The van der Waals surface area contributed by atoms with E-state index >= 15 is 0 Å². The molecule has 1 aromatic rings. The van der Waals surface area contributed by atoms with Crippen LogP contribution in [-0.2, 0) is 20.5 Å². The van der Waals surface area contributed by atoms with E-state index in [1.807, 2.05) is 6.92 Å². The topological polar surface area (TPSA) is 46.6 Å². The first-order valence-corrected chi connectivity index (χ1v) is 7.86. The number of nitrogens with zero attached hydrogens (tertiary/aromatic N) is 1. The number of unbranched alkanes of at least 4 members (excludes halogenated alkanes) is 1. The van der Waals surface area contributed by atoms with Gasteiger partial charge < -0.3 is 4.74 Å². The number of amides is 1. The van der Waals surface area contributed by atoms with Crippen molar-refractivity contribution >= 4 is 17.6 Å². The van der Waals surface area contributed by atoms with Crippen LogP contribution in [0.2, 0.25) is 0 Å². The Hall–Kier alpha value is -2.05. The Kier molecular flexibility index (Phi) is 7.25. The molecule has 7 heteroatoms. The van der Waals surface area contributed by atoms with Crippen LogP contribution >= 0.6 is 0 Å². The summed E-state index contributed by atoms with van der Waals surface area (Å²) < 4.78 is 43.8. The molecule has 24 heavy (non-hydrogen) atoms. The van der Waals surface area contributed by atoms with Gasteiger partial charge in [0.1, 0.15) is 6.04 Å². The van der Waals surface area contributed by atoms with Crippen LogP contribution in [0, 0.1) is 0 Å². The van der Waals surface area contributed by atoms with Crippen molar-refractivity contribution in [3.8, 4) is 0 Å². The Morgan fingerprint density at radius 2 is 1.92 bits per heavy atom. The molecule has 0 spiro atoms. The smallest absolute Gasteiger partial charge is 0.416 e. The Labute approximate surface area is 139 Å². The average molecular weight is 345 g/mol. The van der Waals surface area contributed by atoms with Crippen molar-refractivity contribution in [2.75, 3.05) is 11.5 Å². The molecule has 0 heterocycles. The summed E-state index contributed by atoms with van der Waals surface area (Å²) in [7, 11) is 0. The minimum Gasteiger partial charge on any atom is -0.464 e. The van der Waals surface area contributed by atoms with Crippen LogP contribution in [0.3, 0.4) is 0 Å². The molecule has 0 saturated carbocycles. The molecule has 0 aromatic heterocycles. The van der Waals surface area contributed by atoms with E-state index < -0.39 is 29.7 Å². The zero-order valence-corrected chi connectivity index (χ0v) is 14.0. The first-order chi connectivity index (χ1) is 11.2. The second kappa shape index (κ2) is 8.70. The normalized spacial score (nSPS) is 12.6. The lowest BCUT2D eigenvalue weighted by molar-refractivity contribution is -0.146. The number of benzene rings is 1. The molecule has 0 aliphatic heterocycles. The van der Waals surface area contributed by atoms with Crippen LogP contribution < -0.4 is 4.90 Å². The Bertz CT molecular complexity index is 572. The van der Waals surface area contributed by atoms with Crippen molar-refractivity contribution in [2.45, 2.75) is 52.3 Å². The Morgan fingerprint density at radius 3 is 2.42 bits per heavy atom. The molecule has 0 radical (unpaired) electrons. The Morgan fingerprint density at radius 1 is 1.25 bits per heavy atom. The molecule has 0 bridgehead atoms. The lowest BCUT2D eigenvalue weighted by atomic mass is 10.1. The van der Waals surface area contributed by atoms with Crippen LogP contribution in [-0.4, -0.2) is 24.5 Å². The lowest BCUT2D eigenvalue weighted by Gasteiger charge is -2.29. The molecule has 1 aromatic carbocycles. The number of carbonyl (C=O) groups is 2. The van der Waals surface area contributed by atoms with Gasteiger partial charge >= 0.3 is 12.1 Å². The fourth-order valence-corrected chi connectivity index (χ4v) is 2.28. The molecule has 134 valence electrons. The minimum absolute atomic E-state index is 0.0246. The highest BCUT2D eigenvalue weighted by Crippen LogP contribution is 2.32. The van der Waals surface area contributed by atoms with Gasteiger partial charge in [0.25, 0.3) is 0 Å². The van der Waals surface area contributed by atoms with Crippen LogP contribution in [0.15, 0.2) is 24.3 Å². The van der Waals surface area contributed by atoms with Gasteiger partial charge in [0, 0.05) is 12.6 Å². The third-order valence-corrected chi connectivity index (χ3v) is 3.50. The summed E-state index contributed by atoms with van der Waals surface area (Å²) >= 11 is 0. The van der Waals surface area contributed by atoms with Gasteiger partial charge in [0.15, 0.2) is 0 Å². The van der Waals surface area contributed by atoms with Gasteiger partial charge in [-0.2, -0.15) is 13.2 Å². The predicted octanol–water partition coefficient (Wildman–Crippen LogP) is 4.18. The highest BCUT2D eigenvalue weighted by molar-refractivity contribution is 5.98. The number of esters is 1. The van der Waals surface area contributed by atoms with Gasteiger partial charge in [-0.25, -0.2) is 4.79 Å². The van der Waals surface area contributed by atoms with Crippen molar-refractivity contribution in [3.05, 3.63) is 29.8 Å². The third-order valence-electron chi connectivity index (χ3n) is 3.50. The van der Waals surface area contributed by atoms with Crippen molar-refractivity contribution in [2.24, 2.45) is 0 Å². The summed E-state index contributed by atoms with van der Waals surface area (Å²) in [5.41, 5.74) is -0.850. The zero-order valence-electron chi connectivity index (χ0n) is 14.0. The number of alkyl halides is 3.